The molecule has 6 nitrogen and oxygen atoms in total. The van der Waals surface area contributed by atoms with Gasteiger partial charge in [0.1, 0.15) is 0 Å². The minimum absolute atomic E-state index is 0.154. The molecule has 0 fully saturated rings. The maximum atomic E-state index is 12.6. The van der Waals surface area contributed by atoms with E-state index in [0.29, 0.717) is 35.9 Å². The summed E-state index contributed by atoms with van der Waals surface area (Å²) < 4.78 is 0. The van der Waals surface area contributed by atoms with Gasteiger partial charge in [-0.05, 0) is 36.8 Å². The van der Waals surface area contributed by atoms with Crippen LogP contribution in [0, 0.1) is 6.92 Å². The van der Waals surface area contributed by atoms with Gasteiger partial charge in [0.15, 0.2) is 5.69 Å². The highest BCUT2D eigenvalue weighted by molar-refractivity contribution is 6.31. The Morgan fingerprint density at radius 1 is 1.42 bits per heavy atom. The van der Waals surface area contributed by atoms with Crippen LogP contribution in [-0.4, -0.2) is 33.5 Å². The van der Waals surface area contributed by atoms with Crippen LogP contribution < -0.4 is 5.32 Å². The fourth-order valence-electron chi connectivity index (χ4n) is 2.80. The molecule has 0 aliphatic carbocycles. The molecular formula is C17H17ClN4O2. The van der Waals surface area contributed by atoms with Crippen LogP contribution in [0.4, 0.5) is 5.69 Å². The number of benzene rings is 1. The molecule has 1 aromatic heterocycles. The number of aryl methyl sites for hydroxylation is 1. The van der Waals surface area contributed by atoms with Crippen molar-refractivity contribution in [2.45, 2.75) is 19.9 Å². The normalized spacial score (nSPS) is 13.3. The van der Waals surface area contributed by atoms with Gasteiger partial charge in [-0.2, -0.15) is 5.10 Å². The first kappa shape index (κ1) is 16.3. The molecule has 3 rings (SSSR count). The molecule has 0 unspecified atom stereocenters. The van der Waals surface area contributed by atoms with Gasteiger partial charge in [0.2, 0.25) is 5.91 Å². The van der Waals surface area contributed by atoms with Crippen molar-refractivity contribution < 1.29 is 9.59 Å². The van der Waals surface area contributed by atoms with E-state index in [1.165, 1.54) is 6.08 Å². The second-order valence-electron chi connectivity index (χ2n) is 5.71. The van der Waals surface area contributed by atoms with Crippen molar-refractivity contribution in [3.8, 4) is 0 Å². The Kier molecular flexibility index (Phi) is 4.40. The monoisotopic (exact) mass is 344 g/mol. The standard InChI is InChI=1S/C17H17ClN4O2/c1-3-15(23)22-5-4-14-13(9-22)16(21-20-14)17(24)19-12-7-10(2)6-11(18)8-12/h3,6-8H,1,4-5,9H2,2H3,(H,19,24)(H,20,21). The fourth-order valence-corrected chi connectivity index (χ4v) is 3.09. The van der Waals surface area contributed by atoms with Crippen LogP contribution in [0.25, 0.3) is 0 Å². The molecule has 2 heterocycles. The number of hydrogen-bond acceptors (Lipinski definition) is 3. The van der Waals surface area contributed by atoms with Gasteiger partial charge >= 0.3 is 0 Å². The highest BCUT2D eigenvalue weighted by Gasteiger charge is 2.27. The number of carbonyl (C=O) groups excluding carboxylic acids is 2. The number of fused-ring (bicyclic) bond motifs is 1. The molecule has 1 aliphatic rings. The number of rotatable bonds is 3. The number of nitrogens with zero attached hydrogens (tertiary/aromatic N) is 2. The molecule has 0 radical (unpaired) electrons. The Labute approximate surface area is 144 Å². The SMILES string of the molecule is C=CC(=O)N1CCc2[nH]nc(C(=O)Nc3cc(C)cc(Cl)c3)c2C1. The molecule has 0 atom stereocenters. The lowest BCUT2D eigenvalue weighted by Crippen LogP contribution is -2.35. The van der Waals surface area contributed by atoms with Crippen molar-refractivity contribution in [1.29, 1.82) is 0 Å². The summed E-state index contributed by atoms with van der Waals surface area (Å²) in [4.78, 5) is 26.0. The largest absolute Gasteiger partial charge is 0.334 e. The van der Waals surface area contributed by atoms with Crippen LogP contribution in [0.3, 0.4) is 0 Å². The summed E-state index contributed by atoms with van der Waals surface area (Å²) in [5, 5.41) is 10.4. The van der Waals surface area contributed by atoms with E-state index in [1.807, 2.05) is 19.1 Å². The van der Waals surface area contributed by atoms with Crippen molar-refractivity contribution in [3.05, 3.63) is 58.4 Å². The average Bonchev–Trinajstić information content (AvgIpc) is 2.96. The predicted molar refractivity (Wildman–Crippen MR) is 92.0 cm³/mol. The molecular weight excluding hydrogens is 328 g/mol. The molecule has 0 spiro atoms. The molecule has 2 aromatic rings. The highest BCUT2D eigenvalue weighted by Crippen LogP contribution is 2.23. The van der Waals surface area contributed by atoms with Gasteiger partial charge in [-0.3, -0.25) is 14.7 Å². The maximum absolute atomic E-state index is 12.6. The van der Waals surface area contributed by atoms with Crippen molar-refractivity contribution in [3.63, 3.8) is 0 Å². The minimum Gasteiger partial charge on any atom is -0.334 e. The summed E-state index contributed by atoms with van der Waals surface area (Å²) in [6, 6.07) is 5.32. The van der Waals surface area contributed by atoms with Crippen molar-refractivity contribution in [1.82, 2.24) is 15.1 Å². The minimum atomic E-state index is -0.331. The number of H-pyrrole nitrogens is 1. The Morgan fingerprint density at radius 3 is 2.92 bits per heavy atom. The fraction of sp³-hybridized carbons (Fsp3) is 0.235. The maximum Gasteiger partial charge on any atom is 0.276 e. The molecule has 2 N–H and O–H groups in total. The quantitative estimate of drug-likeness (QED) is 0.840. The van der Waals surface area contributed by atoms with Crippen LogP contribution in [0.15, 0.2) is 30.9 Å². The number of nitrogens with one attached hydrogen (secondary N) is 2. The number of carbonyl (C=O) groups is 2. The number of aromatic amines is 1. The van der Waals surface area contributed by atoms with Gasteiger partial charge in [0.25, 0.3) is 5.91 Å². The smallest absolute Gasteiger partial charge is 0.276 e. The Hall–Kier alpha value is -2.60. The lowest BCUT2D eigenvalue weighted by Gasteiger charge is -2.25. The third kappa shape index (κ3) is 3.19. The second kappa shape index (κ2) is 6.49. The summed E-state index contributed by atoms with van der Waals surface area (Å²) in [5.41, 5.74) is 3.48. The third-order valence-electron chi connectivity index (χ3n) is 3.93. The Balaban J connectivity index is 1.83. The van der Waals surface area contributed by atoms with Gasteiger partial charge < -0.3 is 10.2 Å². The van der Waals surface area contributed by atoms with Gasteiger partial charge in [-0.15, -0.1) is 0 Å². The molecule has 1 aliphatic heterocycles. The number of hydrogen-bond donors (Lipinski definition) is 2. The van der Waals surface area contributed by atoms with E-state index >= 15 is 0 Å². The molecule has 24 heavy (non-hydrogen) atoms. The molecule has 0 saturated carbocycles. The summed E-state index contributed by atoms with van der Waals surface area (Å²) in [5.74, 6) is -0.485. The van der Waals surface area contributed by atoms with Crippen LogP contribution in [0.1, 0.15) is 27.3 Å². The second-order valence-corrected chi connectivity index (χ2v) is 6.15. The highest BCUT2D eigenvalue weighted by atomic mass is 35.5. The zero-order valence-corrected chi connectivity index (χ0v) is 14.0. The van der Waals surface area contributed by atoms with Crippen LogP contribution >= 0.6 is 11.6 Å². The zero-order chi connectivity index (χ0) is 17.3. The van der Waals surface area contributed by atoms with Crippen molar-refractivity contribution in [2.75, 3.05) is 11.9 Å². The lowest BCUT2D eigenvalue weighted by atomic mass is 10.0. The Bertz CT molecular complexity index is 808. The number of anilines is 1. The number of amides is 2. The van der Waals surface area contributed by atoms with E-state index in [9.17, 15) is 9.59 Å². The first-order chi connectivity index (χ1) is 11.5. The number of halogens is 1. The summed E-state index contributed by atoms with van der Waals surface area (Å²) in [7, 11) is 0. The molecule has 7 heteroatoms. The van der Waals surface area contributed by atoms with E-state index in [2.05, 4.69) is 22.1 Å². The van der Waals surface area contributed by atoms with E-state index in [-0.39, 0.29) is 11.8 Å². The van der Waals surface area contributed by atoms with Gasteiger partial charge in [-0.25, -0.2) is 0 Å². The zero-order valence-electron chi connectivity index (χ0n) is 13.2. The third-order valence-corrected chi connectivity index (χ3v) is 4.15. The van der Waals surface area contributed by atoms with Crippen LogP contribution in [-0.2, 0) is 17.8 Å². The first-order valence-electron chi connectivity index (χ1n) is 7.54. The van der Waals surface area contributed by atoms with E-state index in [0.717, 1.165) is 16.8 Å². The summed E-state index contributed by atoms with van der Waals surface area (Å²) in [6.45, 7) is 6.32. The summed E-state index contributed by atoms with van der Waals surface area (Å²) in [6.07, 6.45) is 1.91. The summed E-state index contributed by atoms with van der Waals surface area (Å²) >= 11 is 6.02. The predicted octanol–water partition coefficient (Wildman–Crippen LogP) is 2.69. The van der Waals surface area contributed by atoms with Crippen molar-refractivity contribution in [2.24, 2.45) is 0 Å². The molecule has 0 saturated heterocycles. The van der Waals surface area contributed by atoms with Gasteiger partial charge in [0.05, 0.1) is 6.54 Å². The molecule has 2 amide bonds. The number of aromatic nitrogens is 2. The van der Waals surface area contributed by atoms with Crippen LogP contribution in [0.5, 0.6) is 0 Å². The first-order valence-corrected chi connectivity index (χ1v) is 7.91. The Morgan fingerprint density at radius 2 is 2.21 bits per heavy atom. The van der Waals surface area contributed by atoms with Crippen LogP contribution in [0.2, 0.25) is 5.02 Å². The van der Waals surface area contributed by atoms with Gasteiger partial charge in [0, 0.05) is 34.9 Å². The van der Waals surface area contributed by atoms with Crippen molar-refractivity contribution >= 4 is 29.1 Å². The molecule has 124 valence electrons. The van der Waals surface area contributed by atoms with Gasteiger partial charge in [-0.1, -0.05) is 18.2 Å². The lowest BCUT2D eigenvalue weighted by molar-refractivity contribution is -0.126. The van der Waals surface area contributed by atoms with E-state index < -0.39 is 0 Å². The average molecular weight is 345 g/mol. The van der Waals surface area contributed by atoms with E-state index in [1.54, 1.807) is 11.0 Å². The van der Waals surface area contributed by atoms with E-state index in [4.69, 9.17) is 11.6 Å². The topological polar surface area (TPSA) is 78.1 Å². The molecule has 1 aromatic carbocycles. The molecule has 0 bridgehead atoms.